The van der Waals surface area contributed by atoms with Gasteiger partial charge in [0.1, 0.15) is 0 Å². The lowest BCUT2D eigenvalue weighted by atomic mass is 9.76. The molecule has 1 aliphatic rings. The summed E-state index contributed by atoms with van der Waals surface area (Å²) in [5, 5.41) is 3.03. The van der Waals surface area contributed by atoms with Crippen LogP contribution in [0.3, 0.4) is 0 Å². The van der Waals surface area contributed by atoms with E-state index in [1.165, 1.54) is 64.2 Å². The highest BCUT2D eigenvalue weighted by molar-refractivity contribution is 8.77. The van der Waals surface area contributed by atoms with Crippen molar-refractivity contribution in [3.8, 4) is 0 Å². The molecular weight excluding hydrogens is 462 g/mol. The topological polar surface area (TPSA) is 47.6 Å². The number of unbranched alkanes of at least 4 members (excludes halogenated alkanes) is 8. The van der Waals surface area contributed by atoms with Crippen molar-refractivity contribution in [3.05, 3.63) is 0 Å². The van der Waals surface area contributed by atoms with E-state index in [1.54, 1.807) is 0 Å². The molecule has 1 saturated heterocycles. The molecule has 2 atom stereocenters. The summed E-state index contributed by atoms with van der Waals surface area (Å²) in [5.74, 6) is 1.49. The van der Waals surface area contributed by atoms with Gasteiger partial charge in [-0.3, -0.25) is 4.79 Å². The molecule has 1 fully saturated rings. The van der Waals surface area contributed by atoms with Gasteiger partial charge in [0.2, 0.25) is 5.91 Å². The van der Waals surface area contributed by atoms with Crippen LogP contribution in [-0.2, 0) is 14.3 Å². The van der Waals surface area contributed by atoms with E-state index < -0.39 is 0 Å². The third-order valence-electron chi connectivity index (χ3n) is 7.49. The predicted octanol–water partition coefficient (Wildman–Crippen LogP) is 8.04. The Kier molecular flexibility index (Phi) is 17.3. The maximum atomic E-state index is 12.1. The first-order chi connectivity index (χ1) is 16.2. The average molecular weight is 518 g/mol. The number of amides is 1. The summed E-state index contributed by atoms with van der Waals surface area (Å²) >= 11 is 0. The molecule has 0 saturated carbocycles. The zero-order valence-electron chi connectivity index (χ0n) is 23.2. The summed E-state index contributed by atoms with van der Waals surface area (Å²) in [4.78, 5) is 12.1. The lowest BCUT2D eigenvalue weighted by Gasteiger charge is -2.41. The highest BCUT2D eigenvalue weighted by atomic mass is 33.1. The van der Waals surface area contributed by atoms with Crippen LogP contribution in [0.15, 0.2) is 0 Å². The Labute approximate surface area is 219 Å². The summed E-state index contributed by atoms with van der Waals surface area (Å²) in [6, 6.07) is 0. The third kappa shape index (κ3) is 14.0. The van der Waals surface area contributed by atoms with E-state index >= 15 is 0 Å². The molecule has 1 heterocycles. The summed E-state index contributed by atoms with van der Waals surface area (Å²) in [5.41, 5.74) is 0.288. The molecule has 0 aromatic carbocycles. The van der Waals surface area contributed by atoms with E-state index in [0.717, 1.165) is 18.8 Å². The fourth-order valence-electron chi connectivity index (χ4n) is 4.09. The first kappa shape index (κ1) is 32.1. The molecule has 1 N–H and O–H groups in total. The Morgan fingerprint density at radius 3 is 2.24 bits per heavy atom. The Morgan fingerprint density at radius 2 is 1.62 bits per heavy atom. The molecule has 0 aromatic rings. The Hall–Kier alpha value is 0.0900. The minimum Gasteiger partial charge on any atom is -0.378 e. The Morgan fingerprint density at radius 1 is 0.971 bits per heavy atom. The molecule has 2 unspecified atom stereocenters. The minimum absolute atomic E-state index is 0.150. The second-order valence-electron chi connectivity index (χ2n) is 11.3. The van der Waals surface area contributed by atoms with Crippen molar-refractivity contribution in [2.45, 2.75) is 129 Å². The van der Waals surface area contributed by atoms with Crippen LogP contribution in [0.2, 0.25) is 0 Å². The Balaban J connectivity index is 2.05. The molecule has 1 aliphatic heterocycles. The highest BCUT2D eigenvalue weighted by Crippen LogP contribution is 2.49. The second-order valence-corrected chi connectivity index (χ2v) is 14.3. The van der Waals surface area contributed by atoms with E-state index in [-0.39, 0.29) is 22.2 Å². The van der Waals surface area contributed by atoms with Gasteiger partial charge in [-0.2, -0.15) is 0 Å². The zero-order valence-corrected chi connectivity index (χ0v) is 24.8. The average Bonchev–Trinajstić information content (AvgIpc) is 3.19. The lowest BCUT2D eigenvalue weighted by Crippen LogP contribution is -2.35. The molecule has 0 aliphatic carbocycles. The van der Waals surface area contributed by atoms with Gasteiger partial charge in [0, 0.05) is 36.0 Å². The van der Waals surface area contributed by atoms with E-state index in [1.807, 2.05) is 21.6 Å². The van der Waals surface area contributed by atoms with E-state index in [2.05, 4.69) is 46.9 Å². The van der Waals surface area contributed by atoms with Gasteiger partial charge in [-0.15, -0.1) is 0 Å². The normalized spacial score (nSPS) is 19.0. The standard InChI is InChI=1S/C28H55NO3S2/c1-7-8-9-10-11-12-13-14-15-18-27(3,4)28(5,6)34-33-21-17-26(30)29-19-16-20-32-25-23-31-22-24(25)2/h24-25H,7-23H2,1-6H3,(H,29,30). The van der Waals surface area contributed by atoms with Crippen molar-refractivity contribution >= 4 is 27.5 Å². The molecule has 202 valence electrons. The van der Waals surface area contributed by atoms with Gasteiger partial charge in [0.15, 0.2) is 0 Å². The van der Waals surface area contributed by atoms with Crippen LogP contribution in [0.25, 0.3) is 0 Å². The van der Waals surface area contributed by atoms with Crippen molar-refractivity contribution in [1.82, 2.24) is 5.32 Å². The van der Waals surface area contributed by atoms with E-state index in [0.29, 0.717) is 32.1 Å². The predicted molar refractivity (Wildman–Crippen MR) is 152 cm³/mol. The van der Waals surface area contributed by atoms with Crippen LogP contribution in [-0.4, -0.2) is 48.9 Å². The number of nitrogens with one attached hydrogen (secondary N) is 1. The first-order valence-electron chi connectivity index (χ1n) is 14.0. The highest BCUT2D eigenvalue weighted by Gasteiger charge is 2.37. The smallest absolute Gasteiger partial charge is 0.220 e. The van der Waals surface area contributed by atoms with E-state index in [4.69, 9.17) is 9.47 Å². The van der Waals surface area contributed by atoms with Crippen molar-refractivity contribution in [3.63, 3.8) is 0 Å². The largest absolute Gasteiger partial charge is 0.378 e. The number of hydrogen-bond acceptors (Lipinski definition) is 5. The van der Waals surface area contributed by atoms with Gasteiger partial charge in [-0.05, 0) is 32.1 Å². The van der Waals surface area contributed by atoms with Gasteiger partial charge in [0.05, 0.1) is 19.3 Å². The SMILES string of the molecule is CCCCCCCCCCCC(C)(C)C(C)(C)SSCCC(=O)NCCCOC1COCC1C. The summed E-state index contributed by atoms with van der Waals surface area (Å²) in [7, 11) is 3.81. The van der Waals surface area contributed by atoms with Gasteiger partial charge in [-0.25, -0.2) is 0 Å². The second kappa shape index (κ2) is 18.4. The van der Waals surface area contributed by atoms with Gasteiger partial charge in [-0.1, -0.05) is 107 Å². The van der Waals surface area contributed by atoms with Crippen LogP contribution in [0.4, 0.5) is 0 Å². The lowest BCUT2D eigenvalue weighted by molar-refractivity contribution is -0.120. The number of carbonyl (C=O) groups is 1. The maximum absolute atomic E-state index is 12.1. The first-order valence-corrected chi connectivity index (χ1v) is 16.3. The molecule has 0 bridgehead atoms. The zero-order chi connectivity index (χ0) is 25.3. The molecule has 0 spiro atoms. The number of rotatable bonds is 21. The molecule has 34 heavy (non-hydrogen) atoms. The van der Waals surface area contributed by atoms with Crippen LogP contribution >= 0.6 is 21.6 Å². The molecular formula is C28H55NO3S2. The number of ether oxygens (including phenoxy) is 2. The molecule has 6 heteroatoms. The van der Waals surface area contributed by atoms with Gasteiger partial charge in [0.25, 0.3) is 0 Å². The van der Waals surface area contributed by atoms with E-state index in [9.17, 15) is 4.79 Å². The van der Waals surface area contributed by atoms with Crippen LogP contribution in [0, 0.1) is 11.3 Å². The van der Waals surface area contributed by atoms with Crippen molar-refractivity contribution < 1.29 is 14.3 Å². The van der Waals surface area contributed by atoms with Crippen molar-refractivity contribution in [2.24, 2.45) is 11.3 Å². The van der Waals surface area contributed by atoms with Crippen LogP contribution in [0.1, 0.15) is 119 Å². The van der Waals surface area contributed by atoms with Crippen molar-refractivity contribution in [1.29, 1.82) is 0 Å². The fraction of sp³-hybridized carbons (Fsp3) is 0.964. The number of carbonyl (C=O) groups excluding carboxylic acids is 1. The van der Waals surface area contributed by atoms with Gasteiger partial charge < -0.3 is 14.8 Å². The molecule has 4 nitrogen and oxygen atoms in total. The summed E-state index contributed by atoms with van der Waals surface area (Å²) in [6.07, 6.45) is 15.4. The quantitative estimate of drug-likeness (QED) is 0.123. The molecule has 1 amide bonds. The van der Waals surface area contributed by atoms with Crippen molar-refractivity contribution in [2.75, 3.05) is 32.1 Å². The Bertz CT molecular complexity index is 528. The third-order valence-corrected chi connectivity index (χ3v) is 11.0. The summed E-state index contributed by atoms with van der Waals surface area (Å²) < 4.78 is 11.4. The summed E-state index contributed by atoms with van der Waals surface area (Å²) in [6.45, 7) is 16.9. The van der Waals surface area contributed by atoms with Gasteiger partial charge >= 0.3 is 0 Å². The fourth-order valence-corrected chi connectivity index (χ4v) is 7.13. The maximum Gasteiger partial charge on any atom is 0.220 e. The van der Waals surface area contributed by atoms with Crippen LogP contribution in [0.5, 0.6) is 0 Å². The number of hydrogen-bond donors (Lipinski definition) is 1. The molecule has 0 radical (unpaired) electrons. The molecule has 0 aromatic heterocycles. The minimum atomic E-state index is 0.150. The van der Waals surface area contributed by atoms with Crippen LogP contribution < -0.4 is 5.32 Å². The monoisotopic (exact) mass is 517 g/mol. The molecule has 1 rings (SSSR count).